The molecule has 2 rings (SSSR count). The fourth-order valence-electron chi connectivity index (χ4n) is 2.19. The van der Waals surface area contributed by atoms with Crippen molar-refractivity contribution in [1.82, 2.24) is 4.98 Å². The van der Waals surface area contributed by atoms with Gasteiger partial charge in [0.1, 0.15) is 5.82 Å². The summed E-state index contributed by atoms with van der Waals surface area (Å²) in [6.07, 6.45) is 2.78. The molecule has 0 saturated carbocycles. The number of rotatable bonds is 4. The van der Waals surface area contributed by atoms with Gasteiger partial charge in [0.2, 0.25) is 0 Å². The van der Waals surface area contributed by atoms with E-state index in [1.165, 1.54) is 6.07 Å². The largest absolute Gasteiger partial charge is 0.389 e. The lowest BCUT2D eigenvalue weighted by molar-refractivity contribution is 0.199. The first kappa shape index (κ1) is 14.5. The molecule has 1 aromatic carbocycles. The van der Waals surface area contributed by atoms with Gasteiger partial charge >= 0.3 is 0 Å². The van der Waals surface area contributed by atoms with E-state index in [2.05, 4.69) is 4.98 Å². The van der Waals surface area contributed by atoms with E-state index < -0.39 is 6.10 Å². The first-order chi connectivity index (χ1) is 9.49. The van der Waals surface area contributed by atoms with Crippen molar-refractivity contribution in [2.24, 2.45) is 0 Å². The predicted molar refractivity (Wildman–Crippen MR) is 78.1 cm³/mol. The second-order valence-corrected chi connectivity index (χ2v) is 5.05. The van der Waals surface area contributed by atoms with E-state index >= 15 is 0 Å². The van der Waals surface area contributed by atoms with Gasteiger partial charge in [-0.15, -0.1) is 0 Å². The van der Waals surface area contributed by atoms with Crippen molar-refractivity contribution in [3.63, 3.8) is 0 Å². The van der Waals surface area contributed by atoms with E-state index in [4.69, 9.17) is 0 Å². The van der Waals surface area contributed by atoms with Crippen LogP contribution in [0.1, 0.15) is 29.7 Å². The lowest BCUT2D eigenvalue weighted by atomic mass is 10.0. The number of nitrogens with zero attached hydrogens (tertiary/aromatic N) is 2. The van der Waals surface area contributed by atoms with Gasteiger partial charge in [-0.1, -0.05) is 0 Å². The van der Waals surface area contributed by atoms with Crippen LogP contribution >= 0.6 is 0 Å². The number of aryl methyl sites for hydroxylation is 1. The maximum atomic E-state index is 13.7. The SMILES string of the molecule is Cc1cc(N(C)Cc2ccncc2)c([C@H](C)O)cc1F. The van der Waals surface area contributed by atoms with E-state index in [-0.39, 0.29) is 5.82 Å². The van der Waals surface area contributed by atoms with Gasteiger partial charge in [-0.05, 0) is 49.2 Å². The van der Waals surface area contributed by atoms with Crippen molar-refractivity contribution >= 4 is 5.69 Å². The summed E-state index contributed by atoms with van der Waals surface area (Å²) in [4.78, 5) is 5.99. The number of aliphatic hydroxyl groups is 1. The number of anilines is 1. The highest BCUT2D eigenvalue weighted by molar-refractivity contribution is 5.56. The van der Waals surface area contributed by atoms with Crippen LogP contribution in [-0.2, 0) is 6.54 Å². The Morgan fingerprint density at radius 3 is 2.55 bits per heavy atom. The van der Waals surface area contributed by atoms with Crippen LogP contribution in [0.4, 0.5) is 10.1 Å². The molecule has 0 amide bonds. The molecule has 0 aliphatic rings. The molecule has 1 atom stereocenters. The van der Waals surface area contributed by atoms with Crippen LogP contribution in [0.25, 0.3) is 0 Å². The molecule has 0 fully saturated rings. The zero-order valence-electron chi connectivity index (χ0n) is 12.0. The summed E-state index contributed by atoms with van der Waals surface area (Å²) in [5.41, 5.74) is 3.13. The Bertz CT molecular complexity index is 585. The Hall–Kier alpha value is -1.94. The van der Waals surface area contributed by atoms with Crippen molar-refractivity contribution in [1.29, 1.82) is 0 Å². The minimum absolute atomic E-state index is 0.290. The van der Waals surface area contributed by atoms with Gasteiger partial charge in [0.25, 0.3) is 0 Å². The molecule has 4 heteroatoms. The van der Waals surface area contributed by atoms with Gasteiger partial charge in [0.05, 0.1) is 6.10 Å². The average molecular weight is 274 g/mol. The Kier molecular flexibility index (Phi) is 4.35. The summed E-state index contributed by atoms with van der Waals surface area (Å²) in [6, 6.07) is 7.07. The third-order valence-electron chi connectivity index (χ3n) is 3.34. The first-order valence-electron chi connectivity index (χ1n) is 6.57. The van der Waals surface area contributed by atoms with Crippen LogP contribution in [0.2, 0.25) is 0 Å². The Balaban J connectivity index is 2.33. The molecular formula is C16H19FN2O. The molecule has 0 unspecified atom stereocenters. The molecule has 0 saturated heterocycles. The first-order valence-corrected chi connectivity index (χ1v) is 6.57. The van der Waals surface area contributed by atoms with Gasteiger partial charge in [-0.2, -0.15) is 0 Å². The van der Waals surface area contributed by atoms with Gasteiger partial charge < -0.3 is 10.0 Å². The lowest BCUT2D eigenvalue weighted by Gasteiger charge is -2.24. The minimum Gasteiger partial charge on any atom is -0.389 e. The quantitative estimate of drug-likeness (QED) is 0.930. The second kappa shape index (κ2) is 6.01. The highest BCUT2D eigenvalue weighted by Gasteiger charge is 2.15. The zero-order valence-corrected chi connectivity index (χ0v) is 12.0. The Morgan fingerprint density at radius 1 is 1.30 bits per heavy atom. The zero-order chi connectivity index (χ0) is 14.7. The van der Waals surface area contributed by atoms with E-state index in [1.54, 1.807) is 32.3 Å². The van der Waals surface area contributed by atoms with Crippen LogP contribution in [-0.4, -0.2) is 17.1 Å². The summed E-state index contributed by atoms with van der Waals surface area (Å²) in [7, 11) is 1.93. The van der Waals surface area contributed by atoms with Crippen LogP contribution in [0.3, 0.4) is 0 Å². The van der Waals surface area contributed by atoms with Gasteiger partial charge in [0.15, 0.2) is 0 Å². The van der Waals surface area contributed by atoms with Crippen molar-refractivity contribution < 1.29 is 9.50 Å². The number of hydrogen-bond donors (Lipinski definition) is 1. The smallest absolute Gasteiger partial charge is 0.126 e. The molecule has 0 radical (unpaired) electrons. The maximum Gasteiger partial charge on any atom is 0.126 e. The highest BCUT2D eigenvalue weighted by atomic mass is 19.1. The minimum atomic E-state index is -0.708. The van der Waals surface area contributed by atoms with Crippen LogP contribution in [0.15, 0.2) is 36.7 Å². The summed E-state index contributed by atoms with van der Waals surface area (Å²) in [6.45, 7) is 4.05. The van der Waals surface area contributed by atoms with Crippen molar-refractivity contribution in [2.45, 2.75) is 26.5 Å². The summed E-state index contributed by atoms with van der Waals surface area (Å²) < 4.78 is 13.7. The molecule has 0 bridgehead atoms. The van der Waals surface area contributed by atoms with E-state index in [9.17, 15) is 9.50 Å². The van der Waals surface area contributed by atoms with E-state index in [0.717, 1.165) is 11.3 Å². The van der Waals surface area contributed by atoms with Crippen molar-refractivity contribution in [3.05, 3.63) is 59.2 Å². The average Bonchev–Trinajstić information content (AvgIpc) is 2.42. The summed E-state index contributed by atoms with van der Waals surface area (Å²) in [5, 5.41) is 9.83. The Labute approximate surface area is 118 Å². The monoisotopic (exact) mass is 274 g/mol. The molecule has 3 nitrogen and oxygen atoms in total. The fraction of sp³-hybridized carbons (Fsp3) is 0.312. The number of pyridine rings is 1. The third-order valence-corrected chi connectivity index (χ3v) is 3.34. The molecule has 2 aromatic rings. The van der Waals surface area contributed by atoms with Gasteiger partial charge in [-0.3, -0.25) is 4.98 Å². The maximum absolute atomic E-state index is 13.7. The van der Waals surface area contributed by atoms with Gasteiger partial charge in [-0.25, -0.2) is 4.39 Å². The molecule has 106 valence electrons. The molecule has 1 heterocycles. The standard InChI is InChI=1S/C16H19FN2O/c1-11-8-16(14(12(2)20)9-15(11)17)19(3)10-13-4-6-18-7-5-13/h4-9,12,20H,10H2,1-3H3/t12-/m0/s1. The van der Waals surface area contributed by atoms with Gasteiger partial charge in [0, 0.05) is 37.2 Å². The van der Waals surface area contributed by atoms with Crippen LogP contribution < -0.4 is 4.90 Å². The number of aliphatic hydroxyl groups excluding tert-OH is 1. The molecule has 1 aromatic heterocycles. The molecule has 20 heavy (non-hydrogen) atoms. The molecular weight excluding hydrogens is 255 g/mol. The highest BCUT2D eigenvalue weighted by Crippen LogP contribution is 2.29. The number of halogens is 1. The number of aromatic nitrogens is 1. The molecule has 0 aliphatic carbocycles. The van der Waals surface area contributed by atoms with E-state index in [0.29, 0.717) is 17.7 Å². The van der Waals surface area contributed by atoms with Crippen LogP contribution in [0.5, 0.6) is 0 Å². The summed E-state index contributed by atoms with van der Waals surface area (Å²) in [5.74, 6) is -0.290. The normalized spacial score (nSPS) is 12.2. The third kappa shape index (κ3) is 3.14. The number of hydrogen-bond acceptors (Lipinski definition) is 3. The molecule has 1 N–H and O–H groups in total. The fourth-order valence-corrected chi connectivity index (χ4v) is 2.19. The Morgan fingerprint density at radius 2 is 1.95 bits per heavy atom. The van der Waals surface area contributed by atoms with E-state index in [1.807, 2.05) is 24.1 Å². The van der Waals surface area contributed by atoms with Crippen molar-refractivity contribution in [3.8, 4) is 0 Å². The second-order valence-electron chi connectivity index (χ2n) is 5.05. The van der Waals surface area contributed by atoms with Crippen LogP contribution in [0, 0.1) is 12.7 Å². The summed E-state index contributed by atoms with van der Waals surface area (Å²) >= 11 is 0. The topological polar surface area (TPSA) is 36.4 Å². The molecule has 0 spiro atoms. The molecule has 0 aliphatic heterocycles. The number of benzene rings is 1. The van der Waals surface area contributed by atoms with Crippen molar-refractivity contribution in [2.75, 3.05) is 11.9 Å². The predicted octanol–water partition coefficient (Wildman–Crippen LogP) is 3.22. The lowest BCUT2D eigenvalue weighted by Crippen LogP contribution is -2.19.